The number of methoxy groups -OCH3 is 1. The van der Waals surface area contributed by atoms with Crippen LogP contribution in [0.4, 0.5) is 0 Å². The molecule has 0 N–H and O–H groups in total. The van der Waals surface area contributed by atoms with Crippen molar-refractivity contribution in [2.45, 2.75) is 32.2 Å². The Morgan fingerprint density at radius 2 is 1.86 bits per heavy atom. The van der Waals surface area contributed by atoms with Crippen LogP contribution in [0, 0.1) is 12.8 Å². The molecule has 9 nitrogen and oxygen atoms in total. The van der Waals surface area contributed by atoms with Crippen LogP contribution in [0.15, 0.2) is 42.6 Å². The number of piperidine rings is 1. The number of aromatic nitrogens is 4. The maximum Gasteiger partial charge on any atom is 0.274 e. The minimum absolute atomic E-state index is 0.0330. The molecule has 0 radical (unpaired) electrons. The lowest BCUT2D eigenvalue weighted by molar-refractivity contribution is 0.0516. The fourth-order valence-electron chi connectivity index (χ4n) is 4.84. The number of carbonyl (C=O) groups excluding carboxylic acids is 2. The minimum atomic E-state index is -0.0963. The second kappa shape index (κ2) is 10.3. The third kappa shape index (κ3) is 5.39. The molecule has 1 fully saturated rings. The predicted molar refractivity (Wildman–Crippen MR) is 132 cm³/mol. The summed E-state index contributed by atoms with van der Waals surface area (Å²) in [4.78, 5) is 30.0. The van der Waals surface area contributed by atoms with Gasteiger partial charge in [0.1, 0.15) is 11.4 Å². The van der Waals surface area contributed by atoms with Gasteiger partial charge in [0.2, 0.25) is 0 Å². The SMILES string of the molecule is COc1cccc(C[C@H](C2CCN(C(=O)c3cc(C)n(C)n3)CC2)N(C)C(=O)c2ccn(C)n2)c1. The maximum atomic E-state index is 13.3. The van der Waals surface area contributed by atoms with Crippen LogP contribution in [-0.2, 0) is 20.5 Å². The van der Waals surface area contributed by atoms with Gasteiger partial charge in [0.15, 0.2) is 5.69 Å². The molecular formula is C26H34N6O3. The number of aryl methyl sites for hydroxylation is 3. The fraction of sp³-hybridized carbons (Fsp3) is 0.462. The molecule has 9 heteroatoms. The molecule has 0 spiro atoms. The van der Waals surface area contributed by atoms with Gasteiger partial charge in [-0.05, 0) is 61.9 Å². The van der Waals surface area contributed by atoms with Gasteiger partial charge in [0, 0.05) is 52.2 Å². The highest BCUT2D eigenvalue weighted by molar-refractivity contribution is 5.93. The summed E-state index contributed by atoms with van der Waals surface area (Å²) in [6.07, 6.45) is 4.10. The molecule has 1 aliphatic heterocycles. The molecule has 0 unspecified atom stereocenters. The first-order chi connectivity index (χ1) is 16.8. The van der Waals surface area contributed by atoms with Crippen molar-refractivity contribution in [1.29, 1.82) is 0 Å². The molecule has 2 aromatic heterocycles. The van der Waals surface area contributed by atoms with E-state index in [4.69, 9.17) is 4.74 Å². The average molecular weight is 479 g/mol. The highest BCUT2D eigenvalue weighted by Crippen LogP contribution is 2.29. The summed E-state index contributed by atoms with van der Waals surface area (Å²) in [7, 11) is 7.16. The first kappa shape index (κ1) is 24.5. The lowest BCUT2D eigenvalue weighted by Gasteiger charge is -2.40. The first-order valence-electron chi connectivity index (χ1n) is 12.0. The van der Waals surface area contributed by atoms with Crippen LogP contribution in [0.5, 0.6) is 5.75 Å². The lowest BCUT2D eigenvalue weighted by atomic mass is 9.84. The number of rotatable bonds is 7. The Bertz CT molecular complexity index is 1170. The molecule has 0 bridgehead atoms. The topological polar surface area (TPSA) is 85.5 Å². The number of hydrogen-bond donors (Lipinski definition) is 0. The summed E-state index contributed by atoms with van der Waals surface area (Å²) in [6, 6.07) is 11.5. The first-order valence-corrected chi connectivity index (χ1v) is 12.0. The molecule has 1 aliphatic rings. The maximum absolute atomic E-state index is 13.3. The molecule has 3 heterocycles. The molecule has 0 aliphatic carbocycles. The Morgan fingerprint density at radius 3 is 2.46 bits per heavy atom. The van der Waals surface area contributed by atoms with E-state index in [0.717, 1.165) is 29.8 Å². The Hall–Kier alpha value is -3.62. The van der Waals surface area contributed by atoms with E-state index < -0.39 is 0 Å². The summed E-state index contributed by atoms with van der Waals surface area (Å²) in [5.41, 5.74) is 2.98. The average Bonchev–Trinajstić information content (AvgIpc) is 3.46. The van der Waals surface area contributed by atoms with Crippen molar-refractivity contribution in [3.05, 3.63) is 65.2 Å². The molecule has 1 atom stereocenters. The van der Waals surface area contributed by atoms with E-state index >= 15 is 0 Å². The number of likely N-dealkylation sites (N-methyl/N-ethyl adjacent to an activating group) is 1. The van der Waals surface area contributed by atoms with Gasteiger partial charge in [-0.2, -0.15) is 10.2 Å². The quantitative estimate of drug-likeness (QED) is 0.521. The van der Waals surface area contributed by atoms with Gasteiger partial charge in [0.05, 0.1) is 7.11 Å². The molecule has 4 rings (SSSR count). The summed E-state index contributed by atoms with van der Waals surface area (Å²) < 4.78 is 8.77. The van der Waals surface area contributed by atoms with Gasteiger partial charge in [0.25, 0.3) is 11.8 Å². The number of likely N-dealkylation sites (tertiary alicyclic amines) is 1. The minimum Gasteiger partial charge on any atom is -0.497 e. The van der Waals surface area contributed by atoms with Gasteiger partial charge in [-0.25, -0.2) is 0 Å². The van der Waals surface area contributed by atoms with E-state index in [1.165, 1.54) is 0 Å². The summed E-state index contributed by atoms with van der Waals surface area (Å²) in [6.45, 7) is 3.21. The molecular weight excluding hydrogens is 444 g/mol. The summed E-state index contributed by atoms with van der Waals surface area (Å²) in [5.74, 6) is 0.912. The van der Waals surface area contributed by atoms with Gasteiger partial charge in [-0.3, -0.25) is 19.0 Å². The van der Waals surface area contributed by atoms with Crippen molar-refractivity contribution in [3.63, 3.8) is 0 Å². The standard InChI is InChI=1S/C26H34N6O3/c1-18-15-23(28-31(18)4)26(34)32-13-9-20(10-14-32)24(17-19-7-6-8-21(16-19)35-5)30(3)25(33)22-11-12-29(2)27-22/h6-8,11-12,15-16,20,24H,9-10,13-14,17H2,1-5H3/t24-/m1/s1. The highest BCUT2D eigenvalue weighted by Gasteiger charge is 2.34. The largest absolute Gasteiger partial charge is 0.497 e. The number of ether oxygens (including phenoxy) is 1. The van der Waals surface area contributed by atoms with Crippen LogP contribution in [0.2, 0.25) is 0 Å². The number of carbonyl (C=O) groups is 2. The van der Waals surface area contributed by atoms with Crippen LogP contribution in [0.25, 0.3) is 0 Å². The Morgan fingerprint density at radius 1 is 1.11 bits per heavy atom. The van der Waals surface area contributed by atoms with E-state index in [-0.39, 0.29) is 23.8 Å². The molecule has 1 saturated heterocycles. The number of hydrogen-bond acceptors (Lipinski definition) is 5. The van der Waals surface area contributed by atoms with Gasteiger partial charge in [-0.15, -0.1) is 0 Å². The van der Waals surface area contributed by atoms with Crippen LogP contribution in [-0.4, -0.2) is 74.5 Å². The van der Waals surface area contributed by atoms with Crippen molar-refractivity contribution in [1.82, 2.24) is 29.4 Å². The molecule has 3 aromatic rings. The van der Waals surface area contributed by atoms with Crippen molar-refractivity contribution in [2.75, 3.05) is 27.2 Å². The van der Waals surface area contributed by atoms with Gasteiger partial charge < -0.3 is 14.5 Å². The summed E-state index contributed by atoms with van der Waals surface area (Å²) >= 11 is 0. The smallest absolute Gasteiger partial charge is 0.274 e. The molecule has 1 aromatic carbocycles. The Balaban J connectivity index is 1.51. The molecule has 2 amide bonds. The normalized spacial score (nSPS) is 15.2. The van der Waals surface area contributed by atoms with Crippen molar-refractivity contribution in [3.8, 4) is 5.75 Å². The summed E-state index contributed by atoms with van der Waals surface area (Å²) in [5, 5.41) is 8.67. The predicted octanol–water partition coefficient (Wildman–Crippen LogP) is 2.71. The van der Waals surface area contributed by atoms with E-state index in [1.807, 2.05) is 55.1 Å². The molecule has 0 saturated carbocycles. The third-order valence-corrected chi connectivity index (χ3v) is 7.03. The van der Waals surface area contributed by atoms with Crippen molar-refractivity contribution >= 4 is 11.8 Å². The van der Waals surface area contributed by atoms with Crippen LogP contribution >= 0.6 is 0 Å². The number of benzene rings is 1. The van der Waals surface area contributed by atoms with E-state index in [1.54, 1.807) is 35.8 Å². The van der Waals surface area contributed by atoms with E-state index in [9.17, 15) is 9.59 Å². The van der Waals surface area contributed by atoms with Gasteiger partial charge >= 0.3 is 0 Å². The van der Waals surface area contributed by atoms with Crippen LogP contribution < -0.4 is 4.74 Å². The Labute approximate surface area is 206 Å². The van der Waals surface area contributed by atoms with E-state index in [2.05, 4.69) is 16.3 Å². The second-order valence-electron chi connectivity index (χ2n) is 9.34. The van der Waals surface area contributed by atoms with Crippen molar-refractivity contribution in [2.24, 2.45) is 20.0 Å². The van der Waals surface area contributed by atoms with Crippen LogP contribution in [0.1, 0.15) is 45.1 Å². The molecule has 35 heavy (non-hydrogen) atoms. The second-order valence-corrected chi connectivity index (χ2v) is 9.34. The molecule has 186 valence electrons. The number of nitrogens with zero attached hydrogens (tertiary/aromatic N) is 6. The van der Waals surface area contributed by atoms with E-state index in [0.29, 0.717) is 30.9 Å². The zero-order valence-corrected chi connectivity index (χ0v) is 21.1. The van der Waals surface area contributed by atoms with Gasteiger partial charge in [-0.1, -0.05) is 12.1 Å². The third-order valence-electron chi connectivity index (χ3n) is 7.03. The monoisotopic (exact) mass is 478 g/mol. The zero-order valence-electron chi connectivity index (χ0n) is 21.1. The number of amides is 2. The lowest BCUT2D eigenvalue weighted by Crippen LogP contribution is -2.48. The van der Waals surface area contributed by atoms with Crippen molar-refractivity contribution < 1.29 is 14.3 Å². The Kier molecular flexibility index (Phi) is 7.23. The fourth-order valence-corrected chi connectivity index (χ4v) is 4.84. The zero-order chi connectivity index (χ0) is 25.1. The highest BCUT2D eigenvalue weighted by atomic mass is 16.5. The van der Waals surface area contributed by atoms with Crippen LogP contribution in [0.3, 0.4) is 0 Å².